The lowest BCUT2D eigenvalue weighted by molar-refractivity contribution is -0.115. The van der Waals surface area contributed by atoms with E-state index in [2.05, 4.69) is 26.2 Å². The van der Waals surface area contributed by atoms with Gasteiger partial charge in [-0.2, -0.15) is 0 Å². The molecule has 0 spiro atoms. The van der Waals surface area contributed by atoms with Gasteiger partial charge in [0.25, 0.3) is 0 Å². The van der Waals surface area contributed by atoms with Crippen LogP contribution in [0, 0.1) is 0 Å². The molecule has 0 saturated carbocycles. The maximum Gasteiger partial charge on any atom is 0.230 e. The molecule has 0 aliphatic carbocycles. The topological polar surface area (TPSA) is 59.1 Å². The number of ketones is 1. The van der Waals surface area contributed by atoms with Crippen molar-refractivity contribution in [3.05, 3.63) is 45.4 Å². The number of aromatic nitrogens is 1. The SMILES string of the molecule is CC(=O)c1csc(NC(=O)Cc2cccc(Br)c2)n1. The molecule has 2 rings (SSSR count). The number of hydrogen-bond acceptors (Lipinski definition) is 4. The lowest BCUT2D eigenvalue weighted by Crippen LogP contribution is -2.14. The minimum atomic E-state index is -0.150. The number of nitrogens with one attached hydrogen (secondary N) is 1. The quantitative estimate of drug-likeness (QED) is 0.870. The molecule has 98 valence electrons. The molecule has 4 nitrogen and oxygen atoms in total. The van der Waals surface area contributed by atoms with Crippen LogP contribution in [0.25, 0.3) is 0 Å². The number of halogens is 1. The van der Waals surface area contributed by atoms with Crippen LogP contribution in [0.5, 0.6) is 0 Å². The van der Waals surface area contributed by atoms with Crippen LogP contribution in [0.2, 0.25) is 0 Å². The van der Waals surface area contributed by atoms with Crippen molar-refractivity contribution < 1.29 is 9.59 Å². The maximum atomic E-state index is 11.8. The van der Waals surface area contributed by atoms with Crippen LogP contribution < -0.4 is 5.32 Å². The summed E-state index contributed by atoms with van der Waals surface area (Å²) < 4.78 is 0.936. The van der Waals surface area contributed by atoms with E-state index in [4.69, 9.17) is 0 Å². The Kier molecular flexibility index (Phi) is 4.44. The number of carbonyl (C=O) groups excluding carboxylic acids is 2. The molecular weight excluding hydrogens is 328 g/mol. The van der Waals surface area contributed by atoms with E-state index in [1.807, 2.05) is 24.3 Å². The van der Waals surface area contributed by atoms with Crippen LogP contribution in [0.1, 0.15) is 23.0 Å². The number of nitrogens with zero attached hydrogens (tertiary/aromatic N) is 1. The second-order valence-electron chi connectivity index (χ2n) is 3.95. The number of thiazole rings is 1. The number of amides is 1. The summed E-state index contributed by atoms with van der Waals surface area (Å²) >= 11 is 4.61. The molecule has 0 aliphatic heterocycles. The molecule has 0 atom stereocenters. The summed E-state index contributed by atoms with van der Waals surface area (Å²) in [6, 6.07) is 7.56. The molecule has 0 aliphatic rings. The number of benzene rings is 1. The minimum absolute atomic E-state index is 0.108. The molecule has 1 amide bonds. The Morgan fingerprint density at radius 3 is 2.84 bits per heavy atom. The van der Waals surface area contributed by atoms with Gasteiger partial charge >= 0.3 is 0 Å². The van der Waals surface area contributed by atoms with Gasteiger partial charge in [0.15, 0.2) is 10.9 Å². The Balaban J connectivity index is 1.99. The molecule has 0 unspecified atom stereocenters. The monoisotopic (exact) mass is 338 g/mol. The third-order valence-electron chi connectivity index (χ3n) is 2.36. The molecule has 0 saturated heterocycles. The van der Waals surface area contributed by atoms with Crippen molar-refractivity contribution in [3.8, 4) is 0 Å². The summed E-state index contributed by atoms with van der Waals surface area (Å²) in [5.41, 5.74) is 1.29. The number of carbonyl (C=O) groups is 2. The van der Waals surface area contributed by atoms with E-state index in [9.17, 15) is 9.59 Å². The predicted molar refractivity (Wildman–Crippen MR) is 78.6 cm³/mol. The van der Waals surface area contributed by atoms with Crippen molar-refractivity contribution in [2.24, 2.45) is 0 Å². The lowest BCUT2D eigenvalue weighted by atomic mass is 10.1. The van der Waals surface area contributed by atoms with Gasteiger partial charge in [-0.05, 0) is 17.7 Å². The van der Waals surface area contributed by atoms with Crippen LogP contribution in [0.15, 0.2) is 34.1 Å². The molecule has 2 aromatic rings. The van der Waals surface area contributed by atoms with Crippen LogP contribution in [-0.4, -0.2) is 16.7 Å². The molecule has 1 heterocycles. The van der Waals surface area contributed by atoms with E-state index >= 15 is 0 Å². The average molecular weight is 339 g/mol. The first kappa shape index (κ1) is 13.9. The van der Waals surface area contributed by atoms with E-state index in [0.717, 1.165) is 10.0 Å². The fourth-order valence-electron chi connectivity index (χ4n) is 1.49. The number of anilines is 1. The zero-order chi connectivity index (χ0) is 13.8. The van der Waals surface area contributed by atoms with Gasteiger partial charge in [0.05, 0.1) is 6.42 Å². The average Bonchev–Trinajstić information content (AvgIpc) is 2.77. The molecular formula is C13H11BrN2O2S. The highest BCUT2D eigenvalue weighted by Crippen LogP contribution is 2.17. The van der Waals surface area contributed by atoms with Crippen LogP contribution in [0.3, 0.4) is 0 Å². The minimum Gasteiger partial charge on any atom is -0.302 e. The van der Waals surface area contributed by atoms with E-state index in [0.29, 0.717) is 10.8 Å². The van der Waals surface area contributed by atoms with Crippen LogP contribution in [-0.2, 0) is 11.2 Å². The molecule has 0 fully saturated rings. The Hall–Kier alpha value is -1.53. The van der Waals surface area contributed by atoms with Crippen molar-refractivity contribution >= 4 is 44.1 Å². The first-order valence-corrected chi connectivity index (χ1v) is 7.22. The highest BCUT2D eigenvalue weighted by atomic mass is 79.9. The Labute approximate surface area is 123 Å². The van der Waals surface area contributed by atoms with E-state index in [-0.39, 0.29) is 18.1 Å². The molecule has 19 heavy (non-hydrogen) atoms. The van der Waals surface area contributed by atoms with Gasteiger partial charge in [-0.25, -0.2) is 4.98 Å². The molecule has 1 N–H and O–H groups in total. The summed E-state index contributed by atoms with van der Waals surface area (Å²) in [7, 11) is 0. The fourth-order valence-corrected chi connectivity index (χ4v) is 2.70. The first-order chi connectivity index (χ1) is 9.04. The molecule has 1 aromatic heterocycles. The molecule has 0 radical (unpaired) electrons. The first-order valence-electron chi connectivity index (χ1n) is 5.55. The largest absolute Gasteiger partial charge is 0.302 e. The summed E-state index contributed by atoms with van der Waals surface area (Å²) in [4.78, 5) is 27.0. The van der Waals surface area contributed by atoms with Crippen molar-refractivity contribution in [3.63, 3.8) is 0 Å². The highest BCUT2D eigenvalue weighted by Gasteiger charge is 2.09. The second kappa shape index (κ2) is 6.08. The molecule has 6 heteroatoms. The van der Waals surface area contributed by atoms with Crippen LogP contribution >= 0.6 is 27.3 Å². The van der Waals surface area contributed by atoms with Gasteiger partial charge < -0.3 is 5.32 Å². The van der Waals surface area contributed by atoms with E-state index in [1.165, 1.54) is 18.3 Å². The van der Waals surface area contributed by atoms with Gasteiger partial charge in [0.1, 0.15) is 5.69 Å². The molecule has 1 aromatic carbocycles. The van der Waals surface area contributed by atoms with E-state index < -0.39 is 0 Å². The Bertz CT molecular complexity index is 625. The van der Waals surface area contributed by atoms with Gasteiger partial charge in [0.2, 0.25) is 5.91 Å². The zero-order valence-electron chi connectivity index (χ0n) is 10.1. The zero-order valence-corrected chi connectivity index (χ0v) is 12.5. The summed E-state index contributed by atoms with van der Waals surface area (Å²) in [5.74, 6) is -0.258. The van der Waals surface area contributed by atoms with Crippen molar-refractivity contribution in [1.29, 1.82) is 0 Å². The van der Waals surface area contributed by atoms with Crippen molar-refractivity contribution in [1.82, 2.24) is 4.98 Å². The Morgan fingerprint density at radius 1 is 1.42 bits per heavy atom. The predicted octanol–water partition coefficient (Wildman–Crippen LogP) is 3.29. The summed E-state index contributed by atoms with van der Waals surface area (Å²) in [6.07, 6.45) is 0.272. The standard InChI is InChI=1S/C13H11BrN2O2S/c1-8(17)11-7-19-13(15-11)16-12(18)6-9-3-2-4-10(14)5-9/h2-5,7H,6H2,1H3,(H,15,16,18). The summed E-state index contributed by atoms with van der Waals surface area (Å²) in [5, 5.41) is 4.77. The van der Waals surface area contributed by atoms with Crippen molar-refractivity contribution in [2.75, 3.05) is 5.32 Å². The fraction of sp³-hybridized carbons (Fsp3) is 0.154. The van der Waals surface area contributed by atoms with Crippen LogP contribution in [0.4, 0.5) is 5.13 Å². The molecule has 0 bridgehead atoms. The number of rotatable bonds is 4. The number of hydrogen-bond donors (Lipinski definition) is 1. The highest BCUT2D eigenvalue weighted by molar-refractivity contribution is 9.10. The van der Waals surface area contributed by atoms with Gasteiger partial charge in [0, 0.05) is 16.8 Å². The third kappa shape index (κ3) is 3.97. The smallest absolute Gasteiger partial charge is 0.230 e. The Morgan fingerprint density at radius 2 is 2.21 bits per heavy atom. The summed E-state index contributed by atoms with van der Waals surface area (Å²) in [6.45, 7) is 1.45. The maximum absolute atomic E-state index is 11.8. The third-order valence-corrected chi connectivity index (χ3v) is 3.62. The number of Topliss-reactive ketones (excluding diaryl/α,β-unsaturated/α-hetero) is 1. The van der Waals surface area contributed by atoms with Gasteiger partial charge in [-0.15, -0.1) is 11.3 Å². The van der Waals surface area contributed by atoms with Gasteiger partial charge in [-0.1, -0.05) is 28.1 Å². The van der Waals surface area contributed by atoms with Crippen molar-refractivity contribution in [2.45, 2.75) is 13.3 Å². The van der Waals surface area contributed by atoms with E-state index in [1.54, 1.807) is 5.38 Å². The second-order valence-corrected chi connectivity index (χ2v) is 5.72. The lowest BCUT2D eigenvalue weighted by Gasteiger charge is -2.02. The van der Waals surface area contributed by atoms with Gasteiger partial charge in [-0.3, -0.25) is 9.59 Å². The normalized spacial score (nSPS) is 10.2.